The van der Waals surface area contributed by atoms with Crippen molar-refractivity contribution in [1.82, 2.24) is 0 Å². The Morgan fingerprint density at radius 3 is 1.65 bits per heavy atom. The molecule has 0 saturated carbocycles. The van der Waals surface area contributed by atoms with Crippen molar-refractivity contribution in [3.05, 3.63) is 88.5 Å². The third kappa shape index (κ3) is 14.2. The number of hydrogen-bond acceptors (Lipinski definition) is 11. The second kappa shape index (κ2) is 17.3. The van der Waals surface area contributed by atoms with Gasteiger partial charge in [0, 0.05) is 26.7 Å². The number of fused-ring (bicyclic) bond motifs is 1. The van der Waals surface area contributed by atoms with Gasteiger partial charge in [0.05, 0.1) is 12.2 Å². The summed E-state index contributed by atoms with van der Waals surface area (Å²) in [6.45, 7) is 0.760. The van der Waals surface area contributed by atoms with E-state index in [0.29, 0.717) is 0 Å². The molecule has 0 atom stereocenters. The van der Waals surface area contributed by atoms with Gasteiger partial charge in [-0.05, 0) is 30.3 Å². The zero-order valence-electron chi connectivity index (χ0n) is 17.9. The zero-order valence-corrected chi connectivity index (χ0v) is 22.3. The van der Waals surface area contributed by atoms with E-state index >= 15 is 0 Å². The van der Waals surface area contributed by atoms with Crippen molar-refractivity contribution in [3.63, 3.8) is 0 Å². The van der Waals surface area contributed by atoms with Crippen LogP contribution in [0.25, 0.3) is 0 Å². The average Bonchev–Trinajstić information content (AvgIpc) is 3.23. The second-order valence-electron chi connectivity index (χ2n) is 5.79. The second-order valence-corrected chi connectivity index (χ2v) is 8.90. The Hall–Kier alpha value is -2.17. The summed E-state index contributed by atoms with van der Waals surface area (Å²) in [7, 11) is -1.41. The summed E-state index contributed by atoms with van der Waals surface area (Å²) in [5.74, 6) is 0. The van der Waals surface area contributed by atoms with E-state index in [0.717, 1.165) is 38.7 Å². The van der Waals surface area contributed by atoms with Gasteiger partial charge < -0.3 is 21.6 Å². The number of para-hydroxylation sites is 2. The summed E-state index contributed by atoms with van der Waals surface area (Å²) in [4.78, 5) is 10.1. The minimum atomic E-state index is -4.67. The molecule has 3 aromatic carbocycles. The number of nitrogens with zero attached hydrogens (tertiary/aromatic N) is 3. The molecule has 34 heavy (non-hydrogen) atoms. The molecule has 4 rings (SSSR count). The smallest absolute Gasteiger partial charge is 0.444 e. The van der Waals surface area contributed by atoms with Gasteiger partial charge in [-0.25, -0.2) is 0 Å². The number of nitrogen functional groups attached to an aromatic ring is 2. The monoisotopic (exact) mass is 533 g/mol. The van der Waals surface area contributed by atoms with E-state index in [1.807, 2.05) is 66.7 Å². The van der Waals surface area contributed by atoms with Crippen molar-refractivity contribution in [2.75, 3.05) is 11.5 Å². The predicted octanol–water partition coefficient (Wildman–Crippen LogP) is 2.54. The summed E-state index contributed by atoms with van der Waals surface area (Å²) >= 11 is 0. The van der Waals surface area contributed by atoms with Crippen LogP contribution in [0.3, 0.4) is 0 Å². The van der Waals surface area contributed by atoms with Gasteiger partial charge in [-0.15, -0.1) is 5.34 Å². The predicted molar refractivity (Wildman–Crippen MR) is 131 cm³/mol. The van der Waals surface area contributed by atoms with E-state index in [1.165, 1.54) is 5.56 Å². The Morgan fingerprint density at radius 2 is 1.24 bits per heavy atom. The summed E-state index contributed by atoms with van der Waals surface area (Å²) in [6, 6.07) is 23.6. The van der Waals surface area contributed by atoms with Crippen LogP contribution in [0.1, 0.15) is 5.56 Å². The van der Waals surface area contributed by atoms with Gasteiger partial charge in [-0.3, -0.25) is 9.11 Å². The topological polar surface area (TPSA) is 204 Å². The Morgan fingerprint density at radius 1 is 0.853 bits per heavy atom. The van der Waals surface area contributed by atoms with E-state index < -0.39 is 10.4 Å². The van der Waals surface area contributed by atoms with Crippen LogP contribution in [0.5, 0.6) is 0 Å². The first kappa shape index (κ1) is 31.8. The first-order chi connectivity index (χ1) is 15.7. The summed E-state index contributed by atoms with van der Waals surface area (Å²) in [6.07, 6.45) is 0. The number of nitrogens with two attached hydrogens (primary N) is 2. The molecule has 0 amide bonds. The van der Waals surface area contributed by atoms with E-state index in [1.54, 1.807) is 21.6 Å². The number of anilines is 2. The molecule has 0 spiro atoms. The number of azo groups is 1. The molecule has 0 aromatic heterocycles. The molecule has 0 aliphatic carbocycles. The van der Waals surface area contributed by atoms with Crippen LogP contribution in [0.4, 0.5) is 17.1 Å². The van der Waals surface area contributed by atoms with E-state index in [4.69, 9.17) is 39.1 Å². The first-order valence-electron chi connectivity index (χ1n) is 8.79. The van der Waals surface area contributed by atoms with E-state index in [-0.39, 0.29) is 29.6 Å². The Bertz CT molecular complexity index is 1110. The van der Waals surface area contributed by atoms with Gasteiger partial charge >= 0.3 is 40.0 Å². The molecule has 176 valence electrons. The van der Waals surface area contributed by atoms with Crippen LogP contribution in [-0.4, -0.2) is 17.5 Å². The van der Waals surface area contributed by atoms with Crippen molar-refractivity contribution in [2.24, 2.45) is 15.6 Å². The summed E-state index contributed by atoms with van der Waals surface area (Å²) in [5, 5.41) is 16.8. The number of rotatable bonds is 3. The maximum absolute atomic E-state index is 8.74. The van der Waals surface area contributed by atoms with Crippen LogP contribution >= 0.6 is 21.6 Å². The third-order valence-electron chi connectivity index (χ3n) is 3.47. The molecule has 1 heterocycles. The zero-order chi connectivity index (χ0) is 24.7. The molecule has 6 N–H and O–H groups in total. The molecule has 1 aliphatic heterocycles. The normalized spacial score (nSPS) is 10.5. The van der Waals surface area contributed by atoms with Crippen molar-refractivity contribution in [3.8, 4) is 0 Å². The Balaban J connectivity index is 0.000000510. The molecule has 0 radical (unpaired) electrons. The van der Waals surface area contributed by atoms with E-state index in [9.17, 15) is 0 Å². The van der Waals surface area contributed by atoms with Crippen molar-refractivity contribution >= 4 is 49.0 Å². The minimum absolute atomic E-state index is 0. The van der Waals surface area contributed by atoms with Crippen molar-refractivity contribution < 1.29 is 47.1 Å². The van der Waals surface area contributed by atoms with Crippen LogP contribution < -0.4 is 41.0 Å². The van der Waals surface area contributed by atoms with Gasteiger partial charge in [-0.2, -0.15) is 18.6 Å². The van der Waals surface area contributed by atoms with Crippen LogP contribution in [0.2, 0.25) is 0 Å². The fourth-order valence-electron chi connectivity index (χ4n) is 2.13. The molecule has 0 saturated heterocycles. The van der Waals surface area contributed by atoms with Crippen LogP contribution in [-0.2, 0) is 16.9 Å². The van der Waals surface area contributed by atoms with E-state index in [2.05, 4.69) is 16.3 Å². The SMILES string of the molecule is Nc1ccccc1SSc1ccccc1N.O=N[O-].O=S(=O)(O)O.[Na+].c1ccc2c(c1)CN=N2. The van der Waals surface area contributed by atoms with Crippen molar-refractivity contribution in [2.45, 2.75) is 16.3 Å². The quantitative estimate of drug-likeness (QED) is 0.0966. The van der Waals surface area contributed by atoms with Gasteiger partial charge in [0.25, 0.3) is 0 Å². The largest absolute Gasteiger partial charge is 1.00 e. The maximum Gasteiger partial charge on any atom is 1.00 e. The van der Waals surface area contributed by atoms with Crippen molar-refractivity contribution in [1.29, 1.82) is 0 Å². The minimum Gasteiger partial charge on any atom is -0.444 e. The molecule has 0 fully saturated rings. The molecule has 15 heteroatoms. The molecule has 11 nitrogen and oxygen atoms in total. The number of hydrogen-bond donors (Lipinski definition) is 4. The van der Waals surface area contributed by atoms with Gasteiger partial charge in [0.15, 0.2) is 0 Å². The first-order valence-corrected chi connectivity index (χ1v) is 12.3. The summed E-state index contributed by atoms with van der Waals surface area (Å²) < 4.78 is 31.6. The summed E-state index contributed by atoms with van der Waals surface area (Å²) in [5.41, 5.74) is 15.6. The number of benzene rings is 3. The molecule has 0 bridgehead atoms. The third-order valence-corrected chi connectivity index (χ3v) is 5.98. The maximum atomic E-state index is 8.74. The standard InChI is InChI=1S/C12H12N2S2.C7H6N2.HNO2.Na.H2O4S/c13-9-5-1-3-7-11(9)15-16-12-8-4-2-6-10(12)14;1-2-4-7-6(3-1)5-8-9-7;2-1-3;;1-5(2,3)4/h1-8H,13-14H2;1-4H,5H2;(H,2,3);;(H2,1,2,3,4)/q;;;+1;/p-1. The van der Waals surface area contributed by atoms with Gasteiger partial charge in [-0.1, -0.05) is 64.1 Å². The fourth-order valence-corrected chi connectivity index (χ4v) is 4.36. The van der Waals surface area contributed by atoms with Crippen LogP contribution in [0, 0.1) is 10.1 Å². The molecule has 1 aliphatic rings. The van der Waals surface area contributed by atoms with Crippen LogP contribution in [0.15, 0.2) is 98.2 Å². The molecular formula is C19H20N5NaO6S3. The average molecular weight is 534 g/mol. The van der Waals surface area contributed by atoms with Gasteiger partial charge in [0.2, 0.25) is 0 Å². The molecule has 3 aromatic rings. The Kier molecular flexibility index (Phi) is 16.2. The Labute approximate surface area is 226 Å². The molecule has 0 unspecified atom stereocenters. The molecular weight excluding hydrogens is 513 g/mol. The fraction of sp³-hybridized carbons (Fsp3) is 0.0526. The van der Waals surface area contributed by atoms with Gasteiger partial charge in [0.1, 0.15) is 0 Å².